The van der Waals surface area contributed by atoms with Gasteiger partial charge >= 0.3 is 5.97 Å². The summed E-state index contributed by atoms with van der Waals surface area (Å²) >= 11 is 0. The maximum Gasteiger partial charge on any atom is 0.309 e. The predicted octanol–water partition coefficient (Wildman–Crippen LogP) is 3.40. The molecular weight excluding hydrogens is 228 g/mol. The topological polar surface area (TPSA) is 46.5 Å². The number of aliphatic hydroxyl groups is 1. The van der Waals surface area contributed by atoms with Gasteiger partial charge in [0.2, 0.25) is 0 Å². The van der Waals surface area contributed by atoms with E-state index in [1.165, 1.54) is 0 Å². The van der Waals surface area contributed by atoms with Crippen LogP contribution in [0.2, 0.25) is 0 Å². The largest absolute Gasteiger partial charge is 0.459 e. The van der Waals surface area contributed by atoms with Gasteiger partial charge in [-0.1, -0.05) is 55.4 Å². The van der Waals surface area contributed by atoms with Gasteiger partial charge < -0.3 is 9.84 Å². The lowest BCUT2D eigenvalue weighted by molar-refractivity contribution is -0.175. The lowest BCUT2D eigenvalue weighted by Gasteiger charge is -2.40. The van der Waals surface area contributed by atoms with Crippen molar-refractivity contribution in [2.24, 2.45) is 16.7 Å². The van der Waals surface area contributed by atoms with Crippen LogP contribution in [0.4, 0.5) is 0 Å². The van der Waals surface area contributed by atoms with Crippen molar-refractivity contribution in [3.05, 3.63) is 0 Å². The molecule has 0 aromatic carbocycles. The second kappa shape index (κ2) is 6.05. The van der Waals surface area contributed by atoms with Crippen molar-refractivity contribution < 1.29 is 14.6 Å². The van der Waals surface area contributed by atoms with Gasteiger partial charge in [-0.05, 0) is 11.8 Å². The van der Waals surface area contributed by atoms with Crippen LogP contribution in [0.1, 0.15) is 61.8 Å². The minimum Gasteiger partial charge on any atom is -0.459 e. The minimum atomic E-state index is -0.675. The third-order valence-electron chi connectivity index (χ3n) is 3.29. The van der Waals surface area contributed by atoms with E-state index >= 15 is 0 Å². The normalized spacial score (nSPS) is 18.1. The van der Waals surface area contributed by atoms with Crippen LogP contribution in [0.15, 0.2) is 0 Å². The molecule has 0 bridgehead atoms. The molecular formula is C15H30O3. The maximum atomic E-state index is 11.9. The van der Waals surface area contributed by atoms with Gasteiger partial charge in [0.1, 0.15) is 6.10 Å². The second-order valence-electron chi connectivity index (χ2n) is 7.34. The number of esters is 1. The van der Waals surface area contributed by atoms with Crippen LogP contribution in [-0.2, 0) is 9.53 Å². The molecule has 0 spiro atoms. The Bertz CT molecular complexity index is 270. The van der Waals surface area contributed by atoms with Gasteiger partial charge in [-0.3, -0.25) is 4.79 Å². The third kappa shape index (κ3) is 4.97. The van der Waals surface area contributed by atoms with Gasteiger partial charge in [0.15, 0.2) is 0 Å². The first-order valence-corrected chi connectivity index (χ1v) is 6.79. The summed E-state index contributed by atoms with van der Waals surface area (Å²) in [7, 11) is 0. The van der Waals surface area contributed by atoms with E-state index < -0.39 is 12.2 Å². The molecule has 3 heteroatoms. The van der Waals surface area contributed by atoms with E-state index in [1.807, 2.05) is 55.4 Å². The maximum absolute atomic E-state index is 11.9. The number of carbonyl (C=O) groups is 1. The number of carbonyl (C=O) groups excluding carboxylic acids is 1. The summed E-state index contributed by atoms with van der Waals surface area (Å²) in [6, 6.07) is 0. The van der Waals surface area contributed by atoms with E-state index in [9.17, 15) is 9.90 Å². The molecule has 0 aliphatic heterocycles. The fourth-order valence-corrected chi connectivity index (χ4v) is 1.58. The quantitative estimate of drug-likeness (QED) is 0.786. The summed E-state index contributed by atoms with van der Waals surface area (Å²) in [5, 5.41) is 10.4. The smallest absolute Gasteiger partial charge is 0.309 e. The number of aliphatic hydroxyl groups excluding tert-OH is 1. The fraction of sp³-hybridized carbons (Fsp3) is 0.933. The van der Waals surface area contributed by atoms with Crippen LogP contribution < -0.4 is 0 Å². The molecule has 0 aromatic rings. The highest BCUT2D eigenvalue weighted by Gasteiger charge is 2.40. The van der Waals surface area contributed by atoms with Gasteiger partial charge in [-0.25, -0.2) is 0 Å². The molecule has 0 fully saturated rings. The highest BCUT2D eigenvalue weighted by Crippen LogP contribution is 2.33. The Balaban J connectivity index is 5.00. The molecule has 3 unspecified atom stereocenters. The summed E-state index contributed by atoms with van der Waals surface area (Å²) in [5.41, 5.74) is -0.594. The summed E-state index contributed by atoms with van der Waals surface area (Å²) in [6.07, 6.45) is -0.411. The van der Waals surface area contributed by atoms with Crippen LogP contribution >= 0.6 is 0 Å². The molecule has 108 valence electrons. The summed E-state index contributed by atoms with van der Waals surface area (Å²) < 4.78 is 5.57. The number of hydrogen-bond donors (Lipinski definition) is 1. The molecule has 0 radical (unpaired) electrons. The first-order chi connectivity index (χ1) is 7.91. The standard InChI is InChI=1S/C15H30O3/c1-9-10(2)13(17)18-12(15(6,7)8)11(16)14(3,4)5/h10-12,16H,9H2,1-8H3. The van der Waals surface area contributed by atoms with Gasteiger partial charge in [0.05, 0.1) is 12.0 Å². The van der Waals surface area contributed by atoms with E-state index in [2.05, 4.69) is 0 Å². The Hall–Kier alpha value is -0.570. The zero-order valence-electron chi connectivity index (χ0n) is 13.2. The summed E-state index contributed by atoms with van der Waals surface area (Å²) in [4.78, 5) is 11.9. The lowest BCUT2D eigenvalue weighted by atomic mass is 9.76. The molecule has 1 N–H and O–H groups in total. The number of ether oxygens (including phenoxy) is 1. The molecule has 0 amide bonds. The van der Waals surface area contributed by atoms with Gasteiger partial charge in [-0.15, -0.1) is 0 Å². The average Bonchev–Trinajstić information content (AvgIpc) is 2.20. The summed E-state index contributed by atoms with van der Waals surface area (Å²) in [6.45, 7) is 15.6. The van der Waals surface area contributed by atoms with Crippen molar-refractivity contribution in [2.75, 3.05) is 0 Å². The van der Waals surface area contributed by atoms with Crippen molar-refractivity contribution in [1.29, 1.82) is 0 Å². The van der Waals surface area contributed by atoms with E-state index in [1.54, 1.807) is 0 Å². The molecule has 3 atom stereocenters. The van der Waals surface area contributed by atoms with Crippen molar-refractivity contribution >= 4 is 5.97 Å². The molecule has 0 rings (SSSR count). The third-order valence-corrected chi connectivity index (χ3v) is 3.29. The SMILES string of the molecule is CCC(C)C(=O)OC(C(O)C(C)(C)C)C(C)(C)C. The Morgan fingerprint density at radius 1 is 1.11 bits per heavy atom. The highest BCUT2D eigenvalue weighted by atomic mass is 16.6. The van der Waals surface area contributed by atoms with E-state index in [0.717, 1.165) is 6.42 Å². The molecule has 0 saturated heterocycles. The molecule has 0 aliphatic carbocycles. The second-order valence-corrected chi connectivity index (χ2v) is 7.34. The van der Waals surface area contributed by atoms with Crippen LogP contribution in [0.5, 0.6) is 0 Å². The monoisotopic (exact) mass is 258 g/mol. The fourth-order valence-electron chi connectivity index (χ4n) is 1.58. The van der Waals surface area contributed by atoms with Crippen LogP contribution in [0, 0.1) is 16.7 Å². The van der Waals surface area contributed by atoms with E-state index in [4.69, 9.17) is 4.74 Å². The van der Waals surface area contributed by atoms with Gasteiger partial charge in [0, 0.05) is 5.41 Å². The minimum absolute atomic E-state index is 0.123. The average molecular weight is 258 g/mol. The van der Waals surface area contributed by atoms with Crippen molar-refractivity contribution in [3.63, 3.8) is 0 Å². The molecule has 0 saturated carbocycles. The zero-order chi connectivity index (χ0) is 14.7. The Morgan fingerprint density at radius 3 is 1.83 bits per heavy atom. The Morgan fingerprint density at radius 2 is 1.56 bits per heavy atom. The first kappa shape index (κ1) is 17.4. The van der Waals surface area contributed by atoms with Crippen molar-refractivity contribution in [3.8, 4) is 0 Å². The zero-order valence-corrected chi connectivity index (χ0v) is 13.2. The van der Waals surface area contributed by atoms with E-state index in [-0.39, 0.29) is 22.7 Å². The number of hydrogen-bond acceptors (Lipinski definition) is 3. The lowest BCUT2D eigenvalue weighted by Crippen LogP contribution is -2.48. The van der Waals surface area contributed by atoms with Gasteiger partial charge in [0.25, 0.3) is 0 Å². The van der Waals surface area contributed by atoms with Crippen LogP contribution in [0.25, 0.3) is 0 Å². The summed E-state index contributed by atoms with van der Waals surface area (Å²) in [5.74, 6) is -0.345. The molecule has 0 aliphatic rings. The Kier molecular flexibility index (Phi) is 5.86. The van der Waals surface area contributed by atoms with Crippen molar-refractivity contribution in [2.45, 2.75) is 74.0 Å². The van der Waals surface area contributed by atoms with Crippen LogP contribution in [0.3, 0.4) is 0 Å². The Labute approximate surface area is 112 Å². The number of rotatable bonds is 4. The first-order valence-electron chi connectivity index (χ1n) is 6.79. The molecule has 0 heterocycles. The van der Waals surface area contributed by atoms with Crippen LogP contribution in [-0.4, -0.2) is 23.3 Å². The molecule has 18 heavy (non-hydrogen) atoms. The van der Waals surface area contributed by atoms with Gasteiger partial charge in [-0.2, -0.15) is 0 Å². The van der Waals surface area contributed by atoms with Crippen molar-refractivity contribution in [1.82, 2.24) is 0 Å². The van der Waals surface area contributed by atoms with E-state index in [0.29, 0.717) is 0 Å². The predicted molar refractivity (Wildman–Crippen MR) is 74.3 cm³/mol. The highest BCUT2D eigenvalue weighted by molar-refractivity contribution is 5.72. The molecule has 3 nitrogen and oxygen atoms in total. The molecule has 0 aromatic heterocycles.